The van der Waals surface area contributed by atoms with E-state index in [4.69, 9.17) is 21.1 Å². The number of carbonyl (C=O) groups is 1. The predicted molar refractivity (Wildman–Crippen MR) is 140 cm³/mol. The van der Waals surface area contributed by atoms with Gasteiger partial charge >= 0.3 is 0 Å². The van der Waals surface area contributed by atoms with Crippen LogP contribution in [0.4, 0.5) is 11.4 Å². The number of amides is 1. The van der Waals surface area contributed by atoms with Crippen LogP contribution in [0.2, 0.25) is 5.02 Å². The van der Waals surface area contributed by atoms with Crippen molar-refractivity contribution < 1.29 is 27.6 Å². The fourth-order valence-electron chi connectivity index (χ4n) is 3.62. The molecule has 1 N–H and O–H groups in total. The Morgan fingerprint density at radius 1 is 1.08 bits per heavy atom. The van der Waals surface area contributed by atoms with E-state index in [1.165, 1.54) is 44.4 Å². The summed E-state index contributed by atoms with van der Waals surface area (Å²) in [4.78, 5) is 23.5. The number of nitrogens with zero attached hydrogens (tertiary/aromatic N) is 2. The van der Waals surface area contributed by atoms with E-state index in [9.17, 15) is 23.3 Å². The number of rotatable bonds is 10. The van der Waals surface area contributed by atoms with E-state index in [0.29, 0.717) is 11.3 Å². The monoisotopic (exact) mass is 547 g/mol. The molecule has 1 amide bonds. The van der Waals surface area contributed by atoms with Gasteiger partial charge in [0.05, 0.1) is 35.8 Å². The van der Waals surface area contributed by atoms with Gasteiger partial charge in [0.1, 0.15) is 18.0 Å². The summed E-state index contributed by atoms with van der Waals surface area (Å²) < 4.78 is 38.8. The molecule has 0 fully saturated rings. The molecule has 3 rings (SSSR count). The summed E-state index contributed by atoms with van der Waals surface area (Å²) in [6.07, 6.45) is 0. The number of nitro benzene ring substituents is 1. The van der Waals surface area contributed by atoms with Crippen LogP contribution in [0, 0.1) is 17.0 Å². The zero-order chi connectivity index (χ0) is 27.3. The van der Waals surface area contributed by atoms with Crippen molar-refractivity contribution >= 4 is 38.9 Å². The zero-order valence-corrected chi connectivity index (χ0v) is 22.2. The highest BCUT2D eigenvalue weighted by Crippen LogP contribution is 2.35. The maximum atomic E-state index is 13.8. The minimum absolute atomic E-state index is 0.00507. The summed E-state index contributed by atoms with van der Waals surface area (Å²) in [5.41, 5.74) is 0.710. The van der Waals surface area contributed by atoms with Crippen molar-refractivity contribution in [2.24, 2.45) is 0 Å². The Morgan fingerprint density at radius 3 is 2.35 bits per heavy atom. The smallest absolute Gasteiger partial charge is 0.273 e. The van der Waals surface area contributed by atoms with Gasteiger partial charge in [0, 0.05) is 16.7 Å². The van der Waals surface area contributed by atoms with E-state index in [1.54, 1.807) is 38.3 Å². The lowest BCUT2D eigenvalue weighted by molar-refractivity contribution is -0.385. The van der Waals surface area contributed by atoms with Gasteiger partial charge in [-0.2, -0.15) is 0 Å². The van der Waals surface area contributed by atoms with Gasteiger partial charge in [-0.05, 0) is 55.8 Å². The summed E-state index contributed by atoms with van der Waals surface area (Å²) in [7, 11) is -1.58. The van der Waals surface area contributed by atoms with Gasteiger partial charge in [-0.15, -0.1) is 0 Å². The van der Waals surface area contributed by atoms with Crippen LogP contribution in [0.1, 0.15) is 24.1 Å². The molecule has 0 saturated heterocycles. The Bertz CT molecular complexity index is 1410. The molecule has 0 radical (unpaired) electrons. The average molecular weight is 548 g/mol. The van der Waals surface area contributed by atoms with Crippen molar-refractivity contribution in [1.82, 2.24) is 5.32 Å². The Hall–Kier alpha value is -3.83. The van der Waals surface area contributed by atoms with Crippen molar-refractivity contribution in [3.05, 3.63) is 86.9 Å². The molecule has 0 bridgehead atoms. The lowest BCUT2D eigenvalue weighted by Gasteiger charge is -2.26. The normalized spacial score (nSPS) is 11.9. The molecule has 3 aromatic carbocycles. The maximum Gasteiger partial charge on any atom is 0.273 e. The van der Waals surface area contributed by atoms with E-state index >= 15 is 0 Å². The first-order chi connectivity index (χ1) is 17.5. The fraction of sp³-hybridized carbons (Fsp3) is 0.240. The Labute approximate surface area is 220 Å². The van der Waals surface area contributed by atoms with Crippen LogP contribution < -0.4 is 19.1 Å². The third-order valence-electron chi connectivity index (χ3n) is 5.66. The number of hydrogen-bond acceptors (Lipinski definition) is 7. The summed E-state index contributed by atoms with van der Waals surface area (Å²) >= 11 is 6.15. The number of aryl methyl sites for hydroxylation is 1. The van der Waals surface area contributed by atoms with Crippen molar-refractivity contribution in [2.75, 3.05) is 25.1 Å². The molecule has 0 heterocycles. The molecule has 3 aromatic rings. The highest BCUT2D eigenvalue weighted by Gasteiger charge is 2.31. The number of methoxy groups -OCH3 is 2. The van der Waals surface area contributed by atoms with Crippen LogP contribution in [0.25, 0.3) is 0 Å². The van der Waals surface area contributed by atoms with Crippen molar-refractivity contribution in [1.29, 1.82) is 0 Å². The SMILES string of the molecule is COc1ccc(C(C)NC(=O)CN(c2cc(Cl)ccc2OC)S(=O)(=O)c2ccc(C)c([N+](=O)[O-])c2)cc1. The Balaban J connectivity index is 2.01. The molecule has 0 spiro atoms. The van der Waals surface area contributed by atoms with Gasteiger partial charge in [0.25, 0.3) is 15.7 Å². The number of ether oxygens (including phenoxy) is 2. The van der Waals surface area contributed by atoms with Gasteiger partial charge < -0.3 is 14.8 Å². The van der Waals surface area contributed by atoms with Gasteiger partial charge in [-0.3, -0.25) is 19.2 Å². The number of nitrogens with one attached hydrogen (secondary N) is 1. The predicted octanol–water partition coefficient (Wildman–Crippen LogP) is 4.65. The Kier molecular flexibility index (Phi) is 8.61. The molecule has 0 aromatic heterocycles. The number of nitro groups is 1. The first kappa shape index (κ1) is 27.8. The second-order valence-electron chi connectivity index (χ2n) is 8.10. The number of carbonyl (C=O) groups excluding carboxylic acids is 1. The highest BCUT2D eigenvalue weighted by atomic mass is 35.5. The van der Waals surface area contributed by atoms with Crippen LogP contribution in [0.5, 0.6) is 11.5 Å². The fourth-order valence-corrected chi connectivity index (χ4v) is 5.23. The maximum absolute atomic E-state index is 13.8. The van der Waals surface area contributed by atoms with E-state index in [0.717, 1.165) is 15.9 Å². The standard InChI is InChI=1S/C25H26ClN3O7S/c1-16-5-11-21(14-22(16)29(31)32)37(33,34)28(23-13-19(26)8-12-24(23)36-4)15-25(30)27-17(2)18-6-9-20(35-3)10-7-18/h5-14,17H,15H2,1-4H3,(H,27,30). The van der Waals surface area contributed by atoms with Crippen LogP contribution in [0.15, 0.2) is 65.6 Å². The van der Waals surface area contributed by atoms with E-state index < -0.39 is 33.4 Å². The summed E-state index contributed by atoms with van der Waals surface area (Å²) in [6.45, 7) is 2.61. The van der Waals surface area contributed by atoms with Crippen LogP contribution in [-0.4, -0.2) is 40.0 Å². The van der Waals surface area contributed by atoms with Crippen LogP contribution in [-0.2, 0) is 14.8 Å². The number of sulfonamides is 1. The molecule has 1 unspecified atom stereocenters. The largest absolute Gasteiger partial charge is 0.497 e. The Morgan fingerprint density at radius 2 is 1.76 bits per heavy atom. The van der Waals surface area contributed by atoms with Crippen LogP contribution >= 0.6 is 11.6 Å². The lowest BCUT2D eigenvalue weighted by Crippen LogP contribution is -2.41. The van der Waals surface area contributed by atoms with Crippen molar-refractivity contribution in [2.45, 2.75) is 24.8 Å². The van der Waals surface area contributed by atoms with Crippen LogP contribution in [0.3, 0.4) is 0 Å². The third kappa shape index (κ3) is 6.30. The molecular formula is C25H26ClN3O7S. The summed E-state index contributed by atoms with van der Waals surface area (Å²) in [5, 5.41) is 14.4. The third-order valence-corrected chi connectivity index (χ3v) is 7.65. The average Bonchev–Trinajstić information content (AvgIpc) is 2.87. The molecule has 0 saturated carbocycles. The van der Waals surface area contributed by atoms with Crippen molar-refractivity contribution in [3.8, 4) is 11.5 Å². The molecule has 37 heavy (non-hydrogen) atoms. The first-order valence-electron chi connectivity index (χ1n) is 11.0. The number of anilines is 1. The first-order valence-corrected chi connectivity index (χ1v) is 12.8. The zero-order valence-electron chi connectivity index (χ0n) is 20.6. The van der Waals surface area contributed by atoms with Gasteiger partial charge in [-0.1, -0.05) is 29.8 Å². The second kappa shape index (κ2) is 11.5. The summed E-state index contributed by atoms with van der Waals surface area (Å²) in [6, 6.07) is 14.5. The highest BCUT2D eigenvalue weighted by molar-refractivity contribution is 7.92. The molecule has 12 heteroatoms. The van der Waals surface area contributed by atoms with Gasteiger partial charge in [0.2, 0.25) is 5.91 Å². The van der Waals surface area contributed by atoms with E-state index in [-0.39, 0.29) is 27.0 Å². The minimum atomic E-state index is -4.47. The van der Waals surface area contributed by atoms with Gasteiger partial charge in [-0.25, -0.2) is 8.42 Å². The molecular weight excluding hydrogens is 522 g/mol. The topological polar surface area (TPSA) is 128 Å². The molecule has 10 nitrogen and oxygen atoms in total. The lowest BCUT2D eigenvalue weighted by atomic mass is 10.1. The molecule has 0 aliphatic rings. The molecule has 1 atom stereocenters. The van der Waals surface area contributed by atoms with Gasteiger partial charge in [0.15, 0.2) is 0 Å². The second-order valence-corrected chi connectivity index (χ2v) is 10.4. The quantitative estimate of drug-likeness (QED) is 0.289. The van der Waals surface area contributed by atoms with Crippen molar-refractivity contribution in [3.63, 3.8) is 0 Å². The number of benzene rings is 3. The van der Waals surface area contributed by atoms with E-state index in [1.807, 2.05) is 0 Å². The number of hydrogen-bond donors (Lipinski definition) is 1. The summed E-state index contributed by atoms with van der Waals surface area (Å²) in [5.74, 6) is 0.181. The molecule has 196 valence electrons. The minimum Gasteiger partial charge on any atom is -0.497 e. The molecule has 0 aliphatic carbocycles. The number of halogens is 1. The molecule has 0 aliphatic heterocycles. The van der Waals surface area contributed by atoms with E-state index in [2.05, 4.69) is 5.32 Å².